The lowest BCUT2D eigenvalue weighted by Gasteiger charge is -2.32. The van der Waals surface area contributed by atoms with E-state index in [1.165, 1.54) is 25.9 Å². The lowest BCUT2D eigenvalue weighted by molar-refractivity contribution is 0.222. The van der Waals surface area contributed by atoms with Gasteiger partial charge in [0.2, 0.25) is 5.95 Å². The van der Waals surface area contributed by atoms with Crippen LogP contribution in [0, 0.1) is 5.92 Å². The van der Waals surface area contributed by atoms with Gasteiger partial charge in [0.15, 0.2) is 0 Å². The van der Waals surface area contributed by atoms with Crippen molar-refractivity contribution >= 4 is 17.6 Å². The molecule has 19 heavy (non-hydrogen) atoms. The first kappa shape index (κ1) is 13.8. The van der Waals surface area contributed by atoms with Crippen LogP contribution in [-0.4, -0.2) is 48.6 Å². The Kier molecular flexibility index (Phi) is 4.39. The van der Waals surface area contributed by atoms with Gasteiger partial charge in [-0.15, -0.1) is 0 Å². The standard InChI is InChI=1S/C12H23N7/c1-18-5-3-9(4-6-18)8-19(2)11-7-10(17-14)15-12(13)16-11/h7,9H,3-6,8,14H2,1-2H3,(H3,13,15,16,17). The first-order valence-corrected chi connectivity index (χ1v) is 6.59. The van der Waals surface area contributed by atoms with E-state index in [9.17, 15) is 0 Å². The van der Waals surface area contributed by atoms with Crippen LogP contribution in [0.3, 0.4) is 0 Å². The number of hydrogen-bond acceptors (Lipinski definition) is 7. The molecule has 0 amide bonds. The maximum atomic E-state index is 5.67. The van der Waals surface area contributed by atoms with Crippen molar-refractivity contribution in [2.45, 2.75) is 12.8 Å². The van der Waals surface area contributed by atoms with E-state index < -0.39 is 0 Å². The van der Waals surface area contributed by atoms with E-state index in [0.717, 1.165) is 12.4 Å². The van der Waals surface area contributed by atoms with Crippen LogP contribution in [0.25, 0.3) is 0 Å². The van der Waals surface area contributed by atoms with E-state index in [4.69, 9.17) is 11.6 Å². The molecule has 7 nitrogen and oxygen atoms in total. The number of nitrogen functional groups attached to an aromatic ring is 2. The number of piperidine rings is 1. The highest BCUT2D eigenvalue weighted by Crippen LogP contribution is 2.21. The fourth-order valence-electron chi connectivity index (χ4n) is 2.45. The van der Waals surface area contributed by atoms with E-state index in [0.29, 0.717) is 11.7 Å². The highest BCUT2D eigenvalue weighted by Gasteiger charge is 2.19. The van der Waals surface area contributed by atoms with Gasteiger partial charge in [0, 0.05) is 19.7 Å². The fraction of sp³-hybridized carbons (Fsp3) is 0.667. The molecule has 1 fully saturated rings. The Hall–Kier alpha value is -1.60. The summed E-state index contributed by atoms with van der Waals surface area (Å²) in [5, 5.41) is 0. The summed E-state index contributed by atoms with van der Waals surface area (Å²) in [7, 11) is 4.20. The molecule has 1 aliphatic rings. The zero-order valence-corrected chi connectivity index (χ0v) is 11.6. The lowest BCUT2D eigenvalue weighted by Crippen LogP contribution is -2.36. The summed E-state index contributed by atoms with van der Waals surface area (Å²) >= 11 is 0. The molecule has 1 aromatic rings. The molecule has 1 aliphatic heterocycles. The van der Waals surface area contributed by atoms with Gasteiger partial charge in [0.1, 0.15) is 11.6 Å². The lowest BCUT2D eigenvalue weighted by atomic mass is 9.97. The Morgan fingerprint density at radius 1 is 1.42 bits per heavy atom. The molecular weight excluding hydrogens is 242 g/mol. The van der Waals surface area contributed by atoms with Gasteiger partial charge in [0.25, 0.3) is 0 Å². The van der Waals surface area contributed by atoms with Gasteiger partial charge in [-0.3, -0.25) is 0 Å². The Morgan fingerprint density at radius 3 is 2.74 bits per heavy atom. The summed E-state index contributed by atoms with van der Waals surface area (Å²) in [4.78, 5) is 12.7. The normalized spacial score (nSPS) is 17.4. The fourth-order valence-corrected chi connectivity index (χ4v) is 2.45. The molecule has 7 heteroatoms. The number of nitrogens with two attached hydrogens (primary N) is 2. The summed E-state index contributed by atoms with van der Waals surface area (Å²) in [5.74, 6) is 7.65. The van der Waals surface area contributed by atoms with Crippen molar-refractivity contribution in [3.8, 4) is 0 Å². The molecule has 0 unspecified atom stereocenters. The van der Waals surface area contributed by atoms with Crippen LogP contribution in [0.4, 0.5) is 17.6 Å². The number of hydrogen-bond donors (Lipinski definition) is 3. The number of hydrazine groups is 1. The SMILES string of the molecule is CN1CCC(CN(C)c2cc(NN)nc(N)n2)CC1. The molecule has 0 bridgehead atoms. The summed E-state index contributed by atoms with van der Waals surface area (Å²) in [6, 6.07) is 1.81. The van der Waals surface area contributed by atoms with Crippen LogP contribution in [0.15, 0.2) is 6.07 Å². The molecule has 0 aliphatic carbocycles. The molecule has 0 radical (unpaired) electrons. The minimum Gasteiger partial charge on any atom is -0.368 e. The van der Waals surface area contributed by atoms with Crippen molar-refractivity contribution in [3.63, 3.8) is 0 Å². The number of nitrogens with zero attached hydrogens (tertiary/aromatic N) is 4. The second-order valence-electron chi connectivity index (χ2n) is 5.24. The third-order valence-corrected chi connectivity index (χ3v) is 3.64. The summed E-state index contributed by atoms with van der Waals surface area (Å²) in [6.07, 6.45) is 2.45. The monoisotopic (exact) mass is 265 g/mol. The molecule has 0 spiro atoms. The van der Waals surface area contributed by atoms with E-state index in [1.54, 1.807) is 0 Å². The molecule has 1 saturated heterocycles. The first-order valence-electron chi connectivity index (χ1n) is 6.59. The van der Waals surface area contributed by atoms with Crippen LogP contribution in [0.2, 0.25) is 0 Å². The minimum absolute atomic E-state index is 0.237. The summed E-state index contributed by atoms with van der Waals surface area (Å²) in [6.45, 7) is 3.31. The second-order valence-corrected chi connectivity index (χ2v) is 5.24. The third kappa shape index (κ3) is 3.68. The average molecular weight is 265 g/mol. The van der Waals surface area contributed by atoms with Crippen molar-refractivity contribution in [3.05, 3.63) is 6.07 Å². The molecule has 0 atom stereocenters. The molecule has 2 rings (SSSR count). The van der Waals surface area contributed by atoms with Crippen LogP contribution in [0.1, 0.15) is 12.8 Å². The van der Waals surface area contributed by atoms with E-state index in [1.807, 2.05) is 13.1 Å². The van der Waals surface area contributed by atoms with Crippen LogP contribution < -0.4 is 21.9 Å². The zero-order valence-electron chi connectivity index (χ0n) is 11.6. The quantitative estimate of drug-likeness (QED) is 0.525. The minimum atomic E-state index is 0.237. The largest absolute Gasteiger partial charge is 0.368 e. The Bertz CT molecular complexity index is 415. The number of rotatable bonds is 4. The molecule has 0 saturated carbocycles. The smallest absolute Gasteiger partial charge is 0.223 e. The molecule has 2 heterocycles. The number of likely N-dealkylation sites (tertiary alicyclic amines) is 1. The molecular formula is C12H23N7. The average Bonchev–Trinajstić information content (AvgIpc) is 2.40. The Labute approximate surface area is 114 Å². The summed E-state index contributed by atoms with van der Waals surface area (Å²) < 4.78 is 0. The highest BCUT2D eigenvalue weighted by atomic mass is 15.3. The number of aromatic nitrogens is 2. The van der Waals surface area contributed by atoms with Crippen molar-refractivity contribution < 1.29 is 0 Å². The van der Waals surface area contributed by atoms with Crippen molar-refractivity contribution in [1.29, 1.82) is 0 Å². The van der Waals surface area contributed by atoms with E-state index in [-0.39, 0.29) is 5.95 Å². The zero-order chi connectivity index (χ0) is 13.8. The Balaban J connectivity index is 1.99. The van der Waals surface area contributed by atoms with Crippen LogP contribution in [-0.2, 0) is 0 Å². The van der Waals surface area contributed by atoms with Crippen LogP contribution in [0.5, 0.6) is 0 Å². The van der Waals surface area contributed by atoms with Crippen molar-refractivity contribution in [2.75, 3.05) is 49.8 Å². The first-order chi connectivity index (χ1) is 9.08. The van der Waals surface area contributed by atoms with Gasteiger partial charge in [-0.25, -0.2) is 5.84 Å². The molecule has 0 aromatic carbocycles. The molecule has 1 aromatic heterocycles. The van der Waals surface area contributed by atoms with Gasteiger partial charge in [0.05, 0.1) is 0 Å². The third-order valence-electron chi connectivity index (χ3n) is 3.64. The van der Waals surface area contributed by atoms with Crippen molar-refractivity contribution in [1.82, 2.24) is 14.9 Å². The van der Waals surface area contributed by atoms with Gasteiger partial charge in [-0.1, -0.05) is 0 Å². The van der Waals surface area contributed by atoms with E-state index >= 15 is 0 Å². The second kappa shape index (κ2) is 6.03. The van der Waals surface area contributed by atoms with Crippen molar-refractivity contribution in [2.24, 2.45) is 11.8 Å². The van der Waals surface area contributed by atoms with E-state index in [2.05, 4.69) is 32.2 Å². The maximum absolute atomic E-state index is 5.67. The highest BCUT2D eigenvalue weighted by molar-refractivity contribution is 5.51. The number of nitrogens with one attached hydrogen (secondary N) is 1. The topological polar surface area (TPSA) is 96.3 Å². The predicted octanol–water partition coefficient (Wildman–Crippen LogP) is 0.122. The van der Waals surface area contributed by atoms with Gasteiger partial charge in [-0.2, -0.15) is 9.97 Å². The molecule has 106 valence electrons. The number of anilines is 3. The van der Waals surface area contributed by atoms with Gasteiger partial charge in [-0.05, 0) is 38.9 Å². The summed E-state index contributed by atoms with van der Waals surface area (Å²) in [5.41, 5.74) is 8.18. The predicted molar refractivity (Wildman–Crippen MR) is 77.7 cm³/mol. The maximum Gasteiger partial charge on any atom is 0.223 e. The van der Waals surface area contributed by atoms with Gasteiger partial charge >= 0.3 is 0 Å². The molecule has 5 N–H and O–H groups in total. The van der Waals surface area contributed by atoms with Crippen LogP contribution >= 0.6 is 0 Å². The Morgan fingerprint density at radius 2 is 2.11 bits per heavy atom. The van der Waals surface area contributed by atoms with Gasteiger partial charge < -0.3 is 21.0 Å².